The monoisotopic (exact) mass is 190 g/mol. The second kappa shape index (κ2) is 3.87. The van der Waals surface area contributed by atoms with Crippen LogP contribution in [0.15, 0.2) is 47.1 Å². The Labute approximate surface area is 81.6 Å². The van der Waals surface area contributed by atoms with E-state index in [0.29, 0.717) is 12.4 Å². The molecule has 3 heteroatoms. The SMILES string of the molecule is Oc1ccc(OCc2ccco2)cc1. The fourth-order valence-corrected chi connectivity index (χ4v) is 1.09. The van der Waals surface area contributed by atoms with Gasteiger partial charge in [-0.2, -0.15) is 0 Å². The Morgan fingerprint density at radius 3 is 2.57 bits per heavy atom. The van der Waals surface area contributed by atoms with Crippen molar-refractivity contribution in [1.82, 2.24) is 0 Å². The van der Waals surface area contributed by atoms with E-state index in [4.69, 9.17) is 14.3 Å². The largest absolute Gasteiger partial charge is 0.508 e. The molecule has 1 aromatic heterocycles. The minimum absolute atomic E-state index is 0.232. The molecular weight excluding hydrogens is 180 g/mol. The van der Waals surface area contributed by atoms with Crippen LogP contribution in [0.4, 0.5) is 0 Å². The Hall–Kier alpha value is -1.90. The zero-order chi connectivity index (χ0) is 9.80. The third-order valence-electron chi connectivity index (χ3n) is 1.80. The fourth-order valence-electron chi connectivity index (χ4n) is 1.09. The third kappa shape index (κ3) is 2.07. The van der Waals surface area contributed by atoms with Crippen LogP contribution in [0.1, 0.15) is 5.76 Å². The van der Waals surface area contributed by atoms with Crippen LogP contribution in [-0.4, -0.2) is 5.11 Å². The molecule has 0 atom stereocenters. The van der Waals surface area contributed by atoms with Gasteiger partial charge in [0.2, 0.25) is 0 Å². The summed E-state index contributed by atoms with van der Waals surface area (Å²) in [6, 6.07) is 10.2. The smallest absolute Gasteiger partial charge is 0.146 e. The van der Waals surface area contributed by atoms with Gasteiger partial charge in [-0.15, -0.1) is 0 Å². The summed E-state index contributed by atoms with van der Waals surface area (Å²) in [7, 11) is 0. The topological polar surface area (TPSA) is 42.6 Å². The zero-order valence-electron chi connectivity index (χ0n) is 7.51. The highest BCUT2D eigenvalue weighted by atomic mass is 16.5. The van der Waals surface area contributed by atoms with Crippen LogP contribution in [0.25, 0.3) is 0 Å². The van der Waals surface area contributed by atoms with E-state index in [0.717, 1.165) is 5.76 Å². The summed E-state index contributed by atoms with van der Waals surface area (Å²) >= 11 is 0. The Morgan fingerprint density at radius 1 is 1.14 bits per heavy atom. The predicted molar refractivity (Wildman–Crippen MR) is 51.1 cm³/mol. The molecule has 0 unspecified atom stereocenters. The molecule has 0 bridgehead atoms. The number of aromatic hydroxyl groups is 1. The van der Waals surface area contributed by atoms with Crippen molar-refractivity contribution in [2.24, 2.45) is 0 Å². The van der Waals surface area contributed by atoms with E-state index < -0.39 is 0 Å². The zero-order valence-corrected chi connectivity index (χ0v) is 7.51. The molecule has 0 fully saturated rings. The number of rotatable bonds is 3. The molecule has 3 nitrogen and oxygen atoms in total. The fraction of sp³-hybridized carbons (Fsp3) is 0.0909. The van der Waals surface area contributed by atoms with Crippen molar-refractivity contribution in [3.05, 3.63) is 48.4 Å². The molecule has 0 aliphatic carbocycles. The van der Waals surface area contributed by atoms with Gasteiger partial charge in [0.1, 0.15) is 23.9 Å². The summed E-state index contributed by atoms with van der Waals surface area (Å²) in [6.07, 6.45) is 1.61. The number of furan rings is 1. The Balaban J connectivity index is 1.95. The lowest BCUT2D eigenvalue weighted by Gasteiger charge is -2.03. The van der Waals surface area contributed by atoms with Crippen molar-refractivity contribution in [2.75, 3.05) is 0 Å². The van der Waals surface area contributed by atoms with E-state index in [1.807, 2.05) is 12.1 Å². The number of hydrogen-bond acceptors (Lipinski definition) is 3. The van der Waals surface area contributed by atoms with Crippen LogP contribution in [0.2, 0.25) is 0 Å². The number of phenols is 1. The van der Waals surface area contributed by atoms with E-state index >= 15 is 0 Å². The van der Waals surface area contributed by atoms with Crippen molar-refractivity contribution >= 4 is 0 Å². The minimum Gasteiger partial charge on any atom is -0.508 e. The van der Waals surface area contributed by atoms with Gasteiger partial charge in [0.25, 0.3) is 0 Å². The van der Waals surface area contributed by atoms with Crippen molar-refractivity contribution in [3.63, 3.8) is 0 Å². The first kappa shape index (κ1) is 8.69. The van der Waals surface area contributed by atoms with Gasteiger partial charge in [-0.1, -0.05) is 0 Å². The first-order chi connectivity index (χ1) is 6.84. The summed E-state index contributed by atoms with van der Waals surface area (Å²) in [5.74, 6) is 1.72. The van der Waals surface area contributed by atoms with Gasteiger partial charge in [-0.3, -0.25) is 0 Å². The molecule has 1 heterocycles. The second-order valence-electron chi connectivity index (χ2n) is 2.86. The van der Waals surface area contributed by atoms with Gasteiger partial charge < -0.3 is 14.3 Å². The molecule has 72 valence electrons. The summed E-state index contributed by atoms with van der Waals surface area (Å²) in [5, 5.41) is 9.03. The lowest BCUT2D eigenvalue weighted by Crippen LogP contribution is -1.92. The molecular formula is C11H10O3. The summed E-state index contributed by atoms with van der Waals surface area (Å²) in [5.41, 5.74) is 0. The maximum absolute atomic E-state index is 9.03. The maximum atomic E-state index is 9.03. The molecule has 1 aromatic carbocycles. The van der Waals surface area contributed by atoms with Crippen LogP contribution in [-0.2, 0) is 6.61 Å². The minimum atomic E-state index is 0.232. The highest BCUT2D eigenvalue weighted by molar-refractivity contribution is 5.30. The van der Waals surface area contributed by atoms with Gasteiger partial charge in [0, 0.05) is 0 Å². The number of benzene rings is 1. The Bertz CT molecular complexity index is 375. The number of phenolic OH excluding ortho intramolecular Hbond substituents is 1. The van der Waals surface area contributed by atoms with Gasteiger partial charge >= 0.3 is 0 Å². The average molecular weight is 190 g/mol. The first-order valence-corrected chi connectivity index (χ1v) is 4.29. The molecule has 0 saturated carbocycles. The molecule has 2 aromatic rings. The van der Waals surface area contributed by atoms with Crippen LogP contribution in [0.3, 0.4) is 0 Å². The maximum Gasteiger partial charge on any atom is 0.146 e. The van der Waals surface area contributed by atoms with Crippen LogP contribution in [0, 0.1) is 0 Å². The standard InChI is InChI=1S/C11H10O3/c12-9-3-5-10(6-4-9)14-8-11-2-1-7-13-11/h1-7,12H,8H2. The molecule has 0 spiro atoms. The van der Waals surface area contributed by atoms with E-state index in [1.54, 1.807) is 30.5 Å². The first-order valence-electron chi connectivity index (χ1n) is 4.29. The normalized spacial score (nSPS) is 10.0. The van der Waals surface area contributed by atoms with Crippen molar-refractivity contribution < 1.29 is 14.3 Å². The molecule has 14 heavy (non-hydrogen) atoms. The van der Waals surface area contributed by atoms with Gasteiger partial charge in [0.15, 0.2) is 0 Å². The van der Waals surface area contributed by atoms with Crippen LogP contribution < -0.4 is 4.74 Å². The Morgan fingerprint density at radius 2 is 1.93 bits per heavy atom. The number of hydrogen-bond donors (Lipinski definition) is 1. The molecule has 0 saturated heterocycles. The molecule has 0 amide bonds. The lowest BCUT2D eigenvalue weighted by atomic mass is 10.3. The lowest BCUT2D eigenvalue weighted by molar-refractivity contribution is 0.270. The van der Waals surface area contributed by atoms with Gasteiger partial charge in [0.05, 0.1) is 6.26 Å². The van der Waals surface area contributed by atoms with Gasteiger partial charge in [-0.05, 0) is 36.4 Å². The van der Waals surface area contributed by atoms with Crippen molar-refractivity contribution in [3.8, 4) is 11.5 Å². The van der Waals surface area contributed by atoms with Crippen molar-refractivity contribution in [1.29, 1.82) is 0 Å². The highest BCUT2D eigenvalue weighted by Crippen LogP contribution is 2.17. The van der Waals surface area contributed by atoms with Gasteiger partial charge in [-0.25, -0.2) is 0 Å². The highest BCUT2D eigenvalue weighted by Gasteiger charge is 1.97. The van der Waals surface area contributed by atoms with Crippen LogP contribution >= 0.6 is 0 Å². The Kier molecular flexibility index (Phi) is 2.40. The predicted octanol–water partition coefficient (Wildman–Crippen LogP) is 2.56. The summed E-state index contributed by atoms with van der Waals surface area (Å²) in [6.45, 7) is 0.401. The van der Waals surface area contributed by atoms with Crippen LogP contribution in [0.5, 0.6) is 11.5 Å². The second-order valence-corrected chi connectivity index (χ2v) is 2.86. The summed E-state index contributed by atoms with van der Waals surface area (Å²) in [4.78, 5) is 0. The molecule has 2 rings (SSSR count). The number of ether oxygens (including phenoxy) is 1. The molecule has 0 aliphatic heterocycles. The quantitative estimate of drug-likeness (QED) is 0.808. The van der Waals surface area contributed by atoms with Crippen molar-refractivity contribution in [2.45, 2.75) is 6.61 Å². The third-order valence-corrected chi connectivity index (χ3v) is 1.80. The van der Waals surface area contributed by atoms with E-state index in [1.165, 1.54) is 0 Å². The molecule has 0 radical (unpaired) electrons. The van der Waals surface area contributed by atoms with E-state index in [-0.39, 0.29) is 5.75 Å². The van der Waals surface area contributed by atoms with E-state index in [2.05, 4.69) is 0 Å². The summed E-state index contributed by atoms with van der Waals surface area (Å²) < 4.78 is 10.5. The molecule has 0 aliphatic rings. The molecule has 1 N–H and O–H groups in total. The average Bonchev–Trinajstić information content (AvgIpc) is 2.70. The van der Waals surface area contributed by atoms with E-state index in [9.17, 15) is 0 Å².